The van der Waals surface area contributed by atoms with E-state index < -0.39 is 0 Å². The van der Waals surface area contributed by atoms with E-state index in [1.807, 2.05) is 0 Å². The number of hydrogen-bond acceptors (Lipinski definition) is 4. The van der Waals surface area contributed by atoms with Crippen molar-refractivity contribution in [3.8, 4) is 0 Å². The van der Waals surface area contributed by atoms with Gasteiger partial charge in [0.25, 0.3) is 0 Å². The highest BCUT2D eigenvalue weighted by Crippen LogP contribution is 2.11. The fourth-order valence-electron chi connectivity index (χ4n) is 1.58. The molecule has 2 aliphatic rings. The molecule has 2 fully saturated rings. The third-order valence-electron chi connectivity index (χ3n) is 2.35. The van der Waals surface area contributed by atoms with E-state index in [0.717, 1.165) is 0 Å². The van der Waals surface area contributed by atoms with Crippen molar-refractivity contribution in [1.29, 1.82) is 0 Å². The smallest absolute Gasteiger partial charge is 0.241 e. The van der Waals surface area contributed by atoms with Crippen LogP contribution in [0.15, 0.2) is 0 Å². The molecule has 0 radical (unpaired) electrons. The Bertz CT molecular complexity index is 204. The van der Waals surface area contributed by atoms with Crippen LogP contribution in [0.1, 0.15) is 0 Å². The summed E-state index contributed by atoms with van der Waals surface area (Å²) in [5, 5.41) is 0. The Morgan fingerprint density at radius 2 is 2.38 bits per heavy atom. The quantitative estimate of drug-likeness (QED) is 0.537. The van der Waals surface area contributed by atoms with Gasteiger partial charge in [-0.3, -0.25) is 4.79 Å². The van der Waals surface area contributed by atoms with Gasteiger partial charge in [0.05, 0.1) is 25.9 Å². The van der Waals surface area contributed by atoms with Crippen molar-refractivity contribution >= 4 is 5.91 Å². The monoisotopic (exact) mass is 186 g/mol. The molecule has 5 nitrogen and oxygen atoms in total. The molecule has 74 valence electrons. The van der Waals surface area contributed by atoms with Crippen LogP contribution in [0.3, 0.4) is 0 Å². The topological polar surface area (TPSA) is 64.8 Å². The highest BCUT2D eigenvalue weighted by atomic mass is 16.6. The minimum absolute atomic E-state index is 0.0224. The lowest BCUT2D eigenvalue weighted by Gasteiger charge is -2.39. The number of β-lactam (4-membered cyclic amide) rings is 1. The van der Waals surface area contributed by atoms with Crippen LogP contribution in [0.5, 0.6) is 0 Å². The van der Waals surface area contributed by atoms with Crippen molar-refractivity contribution in [2.24, 2.45) is 5.73 Å². The summed E-state index contributed by atoms with van der Waals surface area (Å²) in [5.41, 5.74) is 5.45. The number of ether oxygens (including phenoxy) is 2. The molecule has 0 aromatic rings. The van der Waals surface area contributed by atoms with Crippen LogP contribution in [-0.4, -0.2) is 55.9 Å². The van der Waals surface area contributed by atoms with Crippen molar-refractivity contribution in [3.63, 3.8) is 0 Å². The molecular formula is C8H14N2O3. The van der Waals surface area contributed by atoms with Crippen molar-refractivity contribution in [2.75, 3.05) is 32.9 Å². The zero-order valence-electron chi connectivity index (χ0n) is 7.44. The highest BCUT2D eigenvalue weighted by Gasteiger charge is 2.35. The Morgan fingerprint density at radius 3 is 2.92 bits per heavy atom. The maximum Gasteiger partial charge on any atom is 0.241 e. The molecule has 1 amide bonds. The predicted octanol–water partition coefficient (Wildman–Crippen LogP) is -1.43. The first-order valence-corrected chi connectivity index (χ1v) is 4.51. The molecule has 2 heterocycles. The molecule has 2 unspecified atom stereocenters. The summed E-state index contributed by atoms with van der Waals surface area (Å²) < 4.78 is 10.6. The fraction of sp³-hybridized carbons (Fsp3) is 0.875. The predicted molar refractivity (Wildman–Crippen MR) is 45.1 cm³/mol. The summed E-state index contributed by atoms with van der Waals surface area (Å²) in [6, 6.07) is -0.287. The normalized spacial score (nSPS) is 34.5. The number of nitrogens with zero attached hydrogens (tertiary/aromatic N) is 1. The van der Waals surface area contributed by atoms with Crippen LogP contribution in [0.4, 0.5) is 0 Å². The molecule has 0 aromatic heterocycles. The van der Waals surface area contributed by atoms with Gasteiger partial charge >= 0.3 is 0 Å². The second-order valence-corrected chi connectivity index (χ2v) is 3.42. The number of rotatable bonds is 2. The lowest BCUT2D eigenvalue weighted by Crippen LogP contribution is -2.63. The Hall–Kier alpha value is -0.650. The largest absolute Gasteiger partial charge is 0.376 e. The van der Waals surface area contributed by atoms with Crippen LogP contribution in [-0.2, 0) is 14.3 Å². The van der Waals surface area contributed by atoms with Crippen molar-refractivity contribution in [2.45, 2.75) is 12.1 Å². The first-order chi connectivity index (χ1) is 6.27. The van der Waals surface area contributed by atoms with E-state index in [0.29, 0.717) is 32.9 Å². The van der Waals surface area contributed by atoms with E-state index in [1.54, 1.807) is 4.90 Å². The van der Waals surface area contributed by atoms with Gasteiger partial charge < -0.3 is 20.1 Å². The molecule has 0 saturated carbocycles. The maximum atomic E-state index is 11.1. The second-order valence-electron chi connectivity index (χ2n) is 3.42. The zero-order valence-corrected chi connectivity index (χ0v) is 7.44. The first kappa shape index (κ1) is 8.93. The van der Waals surface area contributed by atoms with Gasteiger partial charge in [-0.15, -0.1) is 0 Å². The maximum absolute atomic E-state index is 11.1. The lowest BCUT2D eigenvalue weighted by molar-refractivity contribution is -0.150. The van der Waals surface area contributed by atoms with Gasteiger partial charge in [-0.1, -0.05) is 0 Å². The Kier molecular flexibility index (Phi) is 2.48. The van der Waals surface area contributed by atoms with Gasteiger partial charge in [0.15, 0.2) is 0 Å². The first-order valence-electron chi connectivity index (χ1n) is 4.51. The van der Waals surface area contributed by atoms with Gasteiger partial charge in [-0.05, 0) is 0 Å². The number of nitrogens with two attached hydrogens (primary N) is 1. The lowest BCUT2D eigenvalue weighted by atomic mass is 10.1. The number of amides is 1. The highest BCUT2D eigenvalue weighted by molar-refractivity contribution is 5.87. The van der Waals surface area contributed by atoms with E-state index in [4.69, 9.17) is 15.2 Å². The Morgan fingerprint density at radius 1 is 1.54 bits per heavy atom. The third-order valence-corrected chi connectivity index (χ3v) is 2.35. The van der Waals surface area contributed by atoms with Crippen molar-refractivity contribution < 1.29 is 14.3 Å². The van der Waals surface area contributed by atoms with Crippen LogP contribution in [0, 0.1) is 0 Å². The number of carbonyl (C=O) groups is 1. The van der Waals surface area contributed by atoms with Gasteiger partial charge in [-0.2, -0.15) is 0 Å². The molecule has 13 heavy (non-hydrogen) atoms. The molecule has 2 atom stereocenters. The van der Waals surface area contributed by atoms with Crippen LogP contribution < -0.4 is 5.73 Å². The average molecular weight is 186 g/mol. The minimum atomic E-state index is -0.287. The van der Waals surface area contributed by atoms with Gasteiger partial charge in [0, 0.05) is 13.1 Å². The van der Waals surface area contributed by atoms with E-state index in [-0.39, 0.29) is 18.1 Å². The van der Waals surface area contributed by atoms with Crippen molar-refractivity contribution in [3.05, 3.63) is 0 Å². The Labute approximate surface area is 76.8 Å². The van der Waals surface area contributed by atoms with Crippen LogP contribution >= 0.6 is 0 Å². The summed E-state index contributed by atoms with van der Waals surface area (Å²) in [6.07, 6.45) is 0.0326. The molecule has 2 aliphatic heterocycles. The molecule has 5 heteroatoms. The molecule has 0 bridgehead atoms. The van der Waals surface area contributed by atoms with E-state index in [9.17, 15) is 4.79 Å². The second kappa shape index (κ2) is 3.61. The van der Waals surface area contributed by atoms with Gasteiger partial charge in [0.2, 0.25) is 5.91 Å². The van der Waals surface area contributed by atoms with Gasteiger partial charge in [0.1, 0.15) is 6.04 Å². The number of hydrogen-bond donors (Lipinski definition) is 1. The van der Waals surface area contributed by atoms with E-state index in [1.165, 1.54) is 0 Å². The standard InChI is InChI=1S/C8H14N2O3/c9-7-4-10(8(7)11)3-6-5-12-1-2-13-6/h6-7H,1-5,9H2. The Balaban J connectivity index is 1.75. The molecule has 0 aliphatic carbocycles. The van der Waals surface area contributed by atoms with Crippen molar-refractivity contribution in [1.82, 2.24) is 4.90 Å². The minimum Gasteiger partial charge on any atom is -0.376 e. The molecule has 0 spiro atoms. The zero-order chi connectivity index (χ0) is 9.26. The summed E-state index contributed by atoms with van der Waals surface area (Å²) in [4.78, 5) is 12.9. The molecule has 2 rings (SSSR count). The molecule has 2 N–H and O–H groups in total. The summed E-state index contributed by atoms with van der Waals surface area (Å²) >= 11 is 0. The third kappa shape index (κ3) is 1.82. The molecule has 0 aromatic carbocycles. The molecule has 2 saturated heterocycles. The van der Waals surface area contributed by atoms with E-state index in [2.05, 4.69) is 0 Å². The molecular weight excluding hydrogens is 172 g/mol. The average Bonchev–Trinajstić information content (AvgIpc) is 2.19. The summed E-state index contributed by atoms with van der Waals surface area (Å²) in [6.45, 7) is 3.13. The van der Waals surface area contributed by atoms with Crippen LogP contribution in [0.2, 0.25) is 0 Å². The number of carbonyl (C=O) groups excluding carboxylic acids is 1. The fourth-order valence-corrected chi connectivity index (χ4v) is 1.58. The summed E-state index contributed by atoms with van der Waals surface area (Å²) in [7, 11) is 0. The SMILES string of the molecule is NC1CN(CC2COCCO2)C1=O. The van der Waals surface area contributed by atoms with Gasteiger partial charge in [-0.25, -0.2) is 0 Å². The summed E-state index contributed by atoms with van der Waals surface area (Å²) in [5.74, 6) is 0.0224. The number of likely N-dealkylation sites (tertiary alicyclic amines) is 1. The van der Waals surface area contributed by atoms with Crippen LogP contribution in [0.25, 0.3) is 0 Å². The van der Waals surface area contributed by atoms with E-state index >= 15 is 0 Å².